The Hall–Kier alpha value is -5.47. The first-order valence-electron chi connectivity index (χ1n) is 13.9. The molecule has 0 bridgehead atoms. The molecule has 2 heteroatoms. The summed E-state index contributed by atoms with van der Waals surface area (Å²) >= 11 is 0. The fourth-order valence-electron chi connectivity index (χ4n) is 6.00. The molecule has 2 nitrogen and oxygen atoms in total. The molecule has 6 aromatic carbocycles. The molecular weight excluding hydrogens is 498 g/mol. The summed E-state index contributed by atoms with van der Waals surface area (Å²) in [6.07, 6.45) is 2.02. The zero-order valence-electron chi connectivity index (χ0n) is 22.3. The number of pyridine rings is 1. The Labute approximate surface area is 239 Å². The van der Waals surface area contributed by atoms with Crippen molar-refractivity contribution in [3.8, 4) is 67.3 Å². The molecule has 0 amide bonds. The van der Waals surface area contributed by atoms with Gasteiger partial charge in [0.1, 0.15) is 11.5 Å². The Kier molecular flexibility index (Phi) is 5.49. The zero-order valence-corrected chi connectivity index (χ0v) is 22.3. The van der Waals surface area contributed by atoms with Crippen molar-refractivity contribution >= 4 is 10.8 Å². The minimum atomic E-state index is 0.904. The molecular formula is C39H25NO. The summed E-state index contributed by atoms with van der Waals surface area (Å²) in [4.78, 5) is 4.91. The Bertz CT molecular complexity index is 2060. The van der Waals surface area contributed by atoms with E-state index in [9.17, 15) is 0 Å². The van der Waals surface area contributed by atoms with Gasteiger partial charge in [0.05, 0.1) is 5.69 Å². The molecule has 0 unspecified atom stereocenters. The smallest absolute Gasteiger partial charge is 0.135 e. The normalized spacial score (nSPS) is 11.6. The van der Waals surface area contributed by atoms with Crippen LogP contribution in [0.4, 0.5) is 0 Å². The van der Waals surface area contributed by atoms with Gasteiger partial charge >= 0.3 is 0 Å². The molecule has 0 atom stereocenters. The number of ether oxygens (including phenoxy) is 1. The topological polar surface area (TPSA) is 22.1 Å². The zero-order chi connectivity index (χ0) is 27.2. The van der Waals surface area contributed by atoms with E-state index in [1.54, 1.807) is 0 Å². The number of nitrogens with zero attached hydrogens (tertiary/aromatic N) is 1. The SMILES string of the molecule is c1ccc(-c2cc(-c3ccccc3)c(-c3cccc(-c4ccc5c6c(cccc46)-c4ccccc4O5)c3)cn2)cc1. The molecule has 0 N–H and O–H groups in total. The largest absolute Gasteiger partial charge is 0.456 e. The second-order valence-corrected chi connectivity index (χ2v) is 10.4. The van der Waals surface area contributed by atoms with Gasteiger partial charge in [-0.1, -0.05) is 121 Å². The van der Waals surface area contributed by atoms with Gasteiger partial charge in [0.15, 0.2) is 0 Å². The third-order valence-electron chi connectivity index (χ3n) is 7.94. The highest BCUT2D eigenvalue weighted by molar-refractivity contribution is 6.10. The van der Waals surface area contributed by atoms with Gasteiger partial charge in [0.25, 0.3) is 0 Å². The Balaban J connectivity index is 1.29. The van der Waals surface area contributed by atoms with E-state index >= 15 is 0 Å². The molecule has 192 valence electrons. The molecule has 0 saturated heterocycles. The van der Waals surface area contributed by atoms with Crippen LogP contribution in [-0.2, 0) is 0 Å². The molecule has 41 heavy (non-hydrogen) atoms. The van der Waals surface area contributed by atoms with Crippen molar-refractivity contribution in [3.05, 3.63) is 152 Å². The average molecular weight is 524 g/mol. The molecule has 1 aliphatic heterocycles. The van der Waals surface area contributed by atoms with Crippen LogP contribution in [0.3, 0.4) is 0 Å². The summed E-state index contributed by atoms with van der Waals surface area (Å²) in [7, 11) is 0. The molecule has 7 aromatic rings. The van der Waals surface area contributed by atoms with Crippen LogP contribution in [0, 0.1) is 0 Å². The van der Waals surface area contributed by atoms with E-state index in [1.165, 1.54) is 27.6 Å². The van der Waals surface area contributed by atoms with E-state index in [2.05, 4.69) is 127 Å². The molecule has 0 fully saturated rings. The Morgan fingerprint density at radius 2 is 1.05 bits per heavy atom. The van der Waals surface area contributed by atoms with Crippen LogP contribution in [0.5, 0.6) is 11.5 Å². The average Bonchev–Trinajstić information content (AvgIpc) is 3.06. The van der Waals surface area contributed by atoms with Crippen LogP contribution in [-0.4, -0.2) is 4.98 Å². The van der Waals surface area contributed by atoms with E-state index in [4.69, 9.17) is 9.72 Å². The summed E-state index contributed by atoms with van der Waals surface area (Å²) in [5, 5.41) is 2.35. The van der Waals surface area contributed by atoms with E-state index in [0.717, 1.165) is 50.4 Å². The summed E-state index contributed by atoms with van der Waals surface area (Å²) in [6.45, 7) is 0. The minimum Gasteiger partial charge on any atom is -0.456 e. The van der Waals surface area contributed by atoms with Crippen molar-refractivity contribution in [1.82, 2.24) is 4.98 Å². The van der Waals surface area contributed by atoms with Crippen LogP contribution in [0.25, 0.3) is 66.5 Å². The lowest BCUT2D eigenvalue weighted by Gasteiger charge is -2.22. The minimum absolute atomic E-state index is 0.904. The van der Waals surface area contributed by atoms with Crippen molar-refractivity contribution in [1.29, 1.82) is 0 Å². The van der Waals surface area contributed by atoms with Crippen molar-refractivity contribution in [2.45, 2.75) is 0 Å². The van der Waals surface area contributed by atoms with Crippen LogP contribution in [0.2, 0.25) is 0 Å². The molecule has 8 rings (SSSR count). The number of rotatable bonds is 4. The van der Waals surface area contributed by atoms with Crippen molar-refractivity contribution in [2.75, 3.05) is 0 Å². The van der Waals surface area contributed by atoms with Crippen LogP contribution in [0.15, 0.2) is 152 Å². The van der Waals surface area contributed by atoms with E-state index in [-0.39, 0.29) is 0 Å². The first-order chi connectivity index (χ1) is 20.3. The Morgan fingerprint density at radius 1 is 0.390 bits per heavy atom. The number of fused-ring (bicyclic) bond motifs is 2. The lowest BCUT2D eigenvalue weighted by molar-refractivity contribution is 0.487. The lowest BCUT2D eigenvalue weighted by atomic mass is 9.89. The van der Waals surface area contributed by atoms with E-state index in [0.29, 0.717) is 0 Å². The van der Waals surface area contributed by atoms with Gasteiger partial charge in [-0.05, 0) is 63.0 Å². The monoisotopic (exact) mass is 523 g/mol. The molecule has 1 aromatic heterocycles. The van der Waals surface area contributed by atoms with Crippen LogP contribution < -0.4 is 4.74 Å². The van der Waals surface area contributed by atoms with Crippen molar-refractivity contribution < 1.29 is 4.74 Å². The fourth-order valence-corrected chi connectivity index (χ4v) is 6.00. The summed E-state index contributed by atoms with van der Waals surface area (Å²) in [5.74, 6) is 1.81. The van der Waals surface area contributed by atoms with Gasteiger partial charge in [0.2, 0.25) is 0 Å². The number of hydrogen-bond donors (Lipinski definition) is 0. The Morgan fingerprint density at radius 3 is 1.88 bits per heavy atom. The van der Waals surface area contributed by atoms with Gasteiger partial charge in [-0.3, -0.25) is 4.98 Å². The van der Waals surface area contributed by atoms with Crippen molar-refractivity contribution in [3.63, 3.8) is 0 Å². The van der Waals surface area contributed by atoms with E-state index in [1.807, 2.05) is 24.4 Å². The number of hydrogen-bond acceptors (Lipinski definition) is 2. The molecule has 2 heterocycles. The second-order valence-electron chi connectivity index (χ2n) is 10.4. The summed E-state index contributed by atoms with van der Waals surface area (Å²) < 4.78 is 6.34. The maximum absolute atomic E-state index is 6.34. The maximum Gasteiger partial charge on any atom is 0.135 e. The third-order valence-corrected chi connectivity index (χ3v) is 7.94. The summed E-state index contributed by atoms with van der Waals surface area (Å²) in [5.41, 5.74) is 11.3. The quantitative estimate of drug-likeness (QED) is 0.229. The third kappa shape index (κ3) is 4.00. The second kappa shape index (κ2) is 9.62. The highest BCUT2D eigenvalue weighted by atomic mass is 16.5. The number of benzene rings is 6. The summed E-state index contributed by atoms with van der Waals surface area (Å²) in [6, 6.07) is 51.1. The van der Waals surface area contributed by atoms with Gasteiger partial charge in [0, 0.05) is 28.3 Å². The predicted octanol–water partition coefficient (Wildman–Crippen LogP) is 10.7. The first-order valence-corrected chi connectivity index (χ1v) is 13.9. The number of para-hydroxylation sites is 1. The van der Waals surface area contributed by atoms with Gasteiger partial charge < -0.3 is 4.74 Å². The molecule has 0 aliphatic carbocycles. The van der Waals surface area contributed by atoms with Gasteiger partial charge in [-0.25, -0.2) is 0 Å². The predicted molar refractivity (Wildman–Crippen MR) is 169 cm³/mol. The number of aromatic nitrogens is 1. The van der Waals surface area contributed by atoms with Crippen molar-refractivity contribution in [2.24, 2.45) is 0 Å². The highest BCUT2D eigenvalue weighted by Gasteiger charge is 2.21. The molecule has 0 radical (unpaired) electrons. The fraction of sp³-hybridized carbons (Fsp3) is 0. The molecule has 0 spiro atoms. The van der Waals surface area contributed by atoms with Gasteiger partial charge in [-0.15, -0.1) is 0 Å². The van der Waals surface area contributed by atoms with Gasteiger partial charge in [-0.2, -0.15) is 0 Å². The standard InChI is InChI=1S/C39H25NO/c1-3-11-26(12-4-1)34-24-36(27-13-5-2-6-14-27)40-25-35(34)29-16-9-15-28(23-29)30-21-22-38-39-32(30)18-10-19-33(39)31-17-7-8-20-37(31)41-38/h1-25H. The van der Waals surface area contributed by atoms with Crippen LogP contribution in [0.1, 0.15) is 0 Å². The molecule has 0 saturated carbocycles. The highest BCUT2D eigenvalue weighted by Crippen LogP contribution is 2.48. The first kappa shape index (κ1) is 23.4. The maximum atomic E-state index is 6.34. The van der Waals surface area contributed by atoms with Crippen LogP contribution >= 0.6 is 0 Å². The molecule has 1 aliphatic rings. The van der Waals surface area contributed by atoms with E-state index < -0.39 is 0 Å². The lowest BCUT2D eigenvalue weighted by Crippen LogP contribution is -1.97.